The molecule has 0 spiro atoms. The highest BCUT2D eigenvalue weighted by molar-refractivity contribution is 6.05. The largest absolute Gasteiger partial charge is 0.493 e. The van der Waals surface area contributed by atoms with E-state index < -0.39 is 29.1 Å². The maximum atomic E-state index is 13.2. The van der Waals surface area contributed by atoms with Gasteiger partial charge in [-0.15, -0.1) is 0 Å². The topological polar surface area (TPSA) is 89.5 Å². The second-order valence-corrected chi connectivity index (χ2v) is 7.19. The molecule has 1 fully saturated rings. The average Bonchev–Trinajstić information content (AvgIpc) is 2.94. The number of rotatable bonds is 8. The summed E-state index contributed by atoms with van der Waals surface area (Å²) >= 11 is 0. The average molecular weight is 422 g/mol. The lowest BCUT2D eigenvalue weighted by Gasteiger charge is -2.31. The van der Waals surface area contributed by atoms with Crippen molar-refractivity contribution < 1.29 is 38.0 Å². The molecule has 30 heavy (non-hydrogen) atoms. The Hall–Kier alpha value is -2.74. The molecule has 1 aromatic rings. The van der Waals surface area contributed by atoms with E-state index >= 15 is 0 Å². The van der Waals surface area contributed by atoms with Crippen LogP contribution in [0.3, 0.4) is 0 Å². The second kappa shape index (κ2) is 8.95. The predicted molar refractivity (Wildman–Crippen MR) is 109 cm³/mol. The van der Waals surface area contributed by atoms with Gasteiger partial charge in [0.1, 0.15) is 6.10 Å². The van der Waals surface area contributed by atoms with Crippen molar-refractivity contribution in [3.05, 3.63) is 29.8 Å². The second-order valence-electron chi connectivity index (χ2n) is 7.19. The molecule has 0 N–H and O–H groups in total. The molecule has 1 aromatic carbocycles. The summed E-state index contributed by atoms with van der Waals surface area (Å²) in [5, 5.41) is 0. The number of carbonyl (C=O) groups is 2. The molecule has 1 unspecified atom stereocenters. The Balaban J connectivity index is 2.81. The van der Waals surface area contributed by atoms with Gasteiger partial charge in [0.2, 0.25) is 11.2 Å². The van der Waals surface area contributed by atoms with Crippen LogP contribution in [0.15, 0.2) is 24.3 Å². The first-order chi connectivity index (χ1) is 14.1. The molecule has 1 aliphatic heterocycles. The third-order valence-corrected chi connectivity index (χ3v) is 5.19. The highest BCUT2D eigenvalue weighted by Gasteiger charge is 2.67. The zero-order valence-corrected chi connectivity index (χ0v) is 18.6. The van der Waals surface area contributed by atoms with Gasteiger partial charge >= 0.3 is 11.9 Å². The van der Waals surface area contributed by atoms with Gasteiger partial charge in [0.15, 0.2) is 11.5 Å². The molecule has 8 nitrogen and oxygen atoms in total. The van der Waals surface area contributed by atoms with Crippen LogP contribution in [0.25, 0.3) is 0 Å². The standard InChI is InChI=1S/C22H30O8/c1-9-28-19(23)22(20(24)29-10-2)13(3)21(4,5)30-18(22)14-11-15(25-6)17(27-8)16(12-14)26-7/h11-12,18H,3,9-10H2,1-2,4-8H3. The zero-order chi connectivity index (χ0) is 22.7. The van der Waals surface area contributed by atoms with Gasteiger partial charge in [-0.3, -0.25) is 9.59 Å². The van der Waals surface area contributed by atoms with Crippen LogP contribution in [0.2, 0.25) is 0 Å². The number of benzene rings is 1. The Morgan fingerprint density at radius 1 is 0.967 bits per heavy atom. The number of ether oxygens (including phenoxy) is 6. The third kappa shape index (κ3) is 3.60. The van der Waals surface area contributed by atoms with Crippen LogP contribution in [-0.2, 0) is 23.8 Å². The lowest BCUT2D eigenvalue weighted by Crippen LogP contribution is -2.46. The van der Waals surface area contributed by atoms with Crippen molar-refractivity contribution in [3.8, 4) is 17.2 Å². The summed E-state index contributed by atoms with van der Waals surface area (Å²) < 4.78 is 33.0. The number of hydrogen-bond acceptors (Lipinski definition) is 8. The summed E-state index contributed by atoms with van der Waals surface area (Å²) in [4.78, 5) is 26.5. The van der Waals surface area contributed by atoms with Gasteiger partial charge in [-0.25, -0.2) is 0 Å². The Kier molecular flexibility index (Phi) is 7.02. The molecule has 1 atom stereocenters. The molecule has 0 amide bonds. The van der Waals surface area contributed by atoms with Gasteiger partial charge < -0.3 is 28.4 Å². The number of methoxy groups -OCH3 is 3. The number of esters is 2. The van der Waals surface area contributed by atoms with E-state index in [1.807, 2.05) is 0 Å². The Labute approximate surface area is 177 Å². The van der Waals surface area contributed by atoms with E-state index in [0.29, 0.717) is 22.8 Å². The fourth-order valence-electron chi connectivity index (χ4n) is 3.69. The molecule has 0 aromatic heterocycles. The van der Waals surface area contributed by atoms with Gasteiger partial charge in [0.25, 0.3) is 0 Å². The summed E-state index contributed by atoms with van der Waals surface area (Å²) in [7, 11) is 4.44. The van der Waals surface area contributed by atoms with Crippen LogP contribution in [0.4, 0.5) is 0 Å². The Morgan fingerprint density at radius 2 is 1.43 bits per heavy atom. The van der Waals surface area contributed by atoms with Gasteiger partial charge in [-0.2, -0.15) is 0 Å². The molecule has 0 radical (unpaired) electrons. The van der Waals surface area contributed by atoms with Crippen LogP contribution < -0.4 is 14.2 Å². The Bertz CT molecular complexity index is 783. The maximum absolute atomic E-state index is 13.2. The van der Waals surface area contributed by atoms with Crippen molar-refractivity contribution in [2.45, 2.75) is 39.4 Å². The van der Waals surface area contributed by atoms with Crippen LogP contribution >= 0.6 is 0 Å². The number of hydrogen-bond donors (Lipinski definition) is 0. The maximum Gasteiger partial charge on any atom is 0.330 e. The van der Waals surface area contributed by atoms with Crippen LogP contribution in [0, 0.1) is 5.41 Å². The highest BCUT2D eigenvalue weighted by Crippen LogP contribution is 2.58. The minimum absolute atomic E-state index is 0.0790. The van der Waals surface area contributed by atoms with Crippen molar-refractivity contribution in [1.82, 2.24) is 0 Å². The first-order valence-electron chi connectivity index (χ1n) is 9.67. The van der Waals surface area contributed by atoms with E-state index in [4.69, 9.17) is 28.4 Å². The molecule has 0 aliphatic carbocycles. The molecule has 0 bridgehead atoms. The van der Waals surface area contributed by atoms with E-state index in [1.165, 1.54) is 21.3 Å². The molecule has 1 aliphatic rings. The summed E-state index contributed by atoms with van der Waals surface area (Å²) in [5.74, 6) is -0.479. The monoisotopic (exact) mass is 422 g/mol. The minimum atomic E-state index is -1.89. The minimum Gasteiger partial charge on any atom is -0.493 e. The summed E-state index contributed by atoms with van der Waals surface area (Å²) in [5.41, 5.74) is -2.19. The van der Waals surface area contributed by atoms with E-state index in [-0.39, 0.29) is 18.8 Å². The normalized spacial score (nSPS) is 19.2. The predicted octanol–water partition coefficient (Wildman–Crippen LogP) is 3.23. The Morgan fingerprint density at radius 3 is 1.80 bits per heavy atom. The van der Waals surface area contributed by atoms with Crippen LogP contribution in [0.5, 0.6) is 17.2 Å². The smallest absolute Gasteiger partial charge is 0.330 e. The van der Waals surface area contributed by atoms with Crippen molar-refractivity contribution in [1.29, 1.82) is 0 Å². The van der Waals surface area contributed by atoms with Crippen LogP contribution in [-0.4, -0.2) is 52.1 Å². The van der Waals surface area contributed by atoms with E-state index in [1.54, 1.807) is 39.8 Å². The molecule has 0 saturated carbocycles. The van der Waals surface area contributed by atoms with Crippen molar-refractivity contribution >= 4 is 11.9 Å². The van der Waals surface area contributed by atoms with Gasteiger partial charge in [0.05, 0.1) is 40.1 Å². The van der Waals surface area contributed by atoms with Crippen molar-refractivity contribution in [2.75, 3.05) is 34.5 Å². The SMILES string of the molecule is C=C1C(C)(C)OC(c2cc(OC)c(OC)c(OC)c2)C1(C(=O)OCC)C(=O)OCC. The molecule has 1 heterocycles. The van der Waals surface area contributed by atoms with Gasteiger partial charge in [-0.1, -0.05) is 6.58 Å². The summed E-state index contributed by atoms with van der Waals surface area (Å²) in [6.45, 7) is 11.0. The summed E-state index contributed by atoms with van der Waals surface area (Å²) in [6.07, 6.45) is -1.08. The number of carbonyl (C=O) groups excluding carboxylic acids is 2. The first-order valence-corrected chi connectivity index (χ1v) is 9.67. The van der Waals surface area contributed by atoms with E-state index in [9.17, 15) is 9.59 Å². The highest BCUT2D eigenvalue weighted by atomic mass is 16.6. The molecular formula is C22H30O8. The summed E-state index contributed by atoms with van der Waals surface area (Å²) in [6, 6.07) is 3.27. The first kappa shape index (κ1) is 23.5. The molecule has 8 heteroatoms. The lowest BCUT2D eigenvalue weighted by atomic mass is 9.71. The van der Waals surface area contributed by atoms with Crippen molar-refractivity contribution in [3.63, 3.8) is 0 Å². The van der Waals surface area contributed by atoms with Gasteiger partial charge in [-0.05, 0) is 51.0 Å². The van der Waals surface area contributed by atoms with Gasteiger partial charge in [0, 0.05) is 0 Å². The molecule has 166 valence electrons. The quantitative estimate of drug-likeness (QED) is 0.358. The van der Waals surface area contributed by atoms with E-state index in [2.05, 4.69) is 6.58 Å². The van der Waals surface area contributed by atoms with Crippen molar-refractivity contribution in [2.24, 2.45) is 5.41 Å². The fourth-order valence-corrected chi connectivity index (χ4v) is 3.69. The molecular weight excluding hydrogens is 392 g/mol. The molecule has 1 saturated heterocycles. The lowest BCUT2D eigenvalue weighted by molar-refractivity contribution is -0.174. The molecule has 2 rings (SSSR count). The van der Waals surface area contributed by atoms with E-state index in [0.717, 1.165) is 0 Å². The third-order valence-electron chi connectivity index (χ3n) is 5.19. The fraction of sp³-hybridized carbons (Fsp3) is 0.545. The van der Waals surface area contributed by atoms with Crippen LogP contribution in [0.1, 0.15) is 39.4 Å². The zero-order valence-electron chi connectivity index (χ0n) is 18.6.